The van der Waals surface area contributed by atoms with Gasteiger partial charge < -0.3 is 14.6 Å². The zero-order valence-corrected chi connectivity index (χ0v) is 13.6. The number of halogens is 1. The summed E-state index contributed by atoms with van der Waals surface area (Å²) in [5.74, 6) is 0.779. The van der Waals surface area contributed by atoms with Gasteiger partial charge in [0.2, 0.25) is 0 Å². The van der Waals surface area contributed by atoms with Crippen molar-refractivity contribution < 1.29 is 23.0 Å². The Hall–Kier alpha value is -0.980. The summed E-state index contributed by atoms with van der Waals surface area (Å²) in [6.45, 7) is 0. The Morgan fingerprint density at radius 3 is 2.57 bits per heavy atom. The first kappa shape index (κ1) is 16.4. The molecular formula is C14H19ClO5S. The molecule has 2 unspecified atom stereocenters. The molecule has 0 spiro atoms. The van der Waals surface area contributed by atoms with E-state index in [4.69, 9.17) is 21.1 Å². The minimum atomic E-state index is -3.30. The van der Waals surface area contributed by atoms with Crippen LogP contribution in [0.2, 0.25) is 5.02 Å². The number of methoxy groups -OCH3 is 2. The molecule has 5 nitrogen and oxygen atoms in total. The summed E-state index contributed by atoms with van der Waals surface area (Å²) in [7, 11) is -0.407. The van der Waals surface area contributed by atoms with Gasteiger partial charge in [0.1, 0.15) is 16.5 Å². The van der Waals surface area contributed by atoms with Gasteiger partial charge >= 0.3 is 0 Å². The van der Waals surface area contributed by atoms with Crippen molar-refractivity contribution in [2.45, 2.75) is 30.6 Å². The summed E-state index contributed by atoms with van der Waals surface area (Å²) < 4.78 is 34.6. The lowest BCUT2D eigenvalue weighted by atomic mass is 10.0. The maximum atomic E-state index is 12.1. The van der Waals surface area contributed by atoms with Gasteiger partial charge in [0.05, 0.1) is 31.3 Å². The summed E-state index contributed by atoms with van der Waals surface area (Å²) in [6.07, 6.45) is 0.712. The summed E-state index contributed by atoms with van der Waals surface area (Å²) in [5.41, 5.74) is 0.374. The summed E-state index contributed by atoms with van der Waals surface area (Å²) >= 11 is 6.16. The first-order chi connectivity index (χ1) is 9.92. The number of hydrogen-bond donors (Lipinski definition) is 1. The molecule has 1 fully saturated rings. The molecule has 2 atom stereocenters. The second-order valence-corrected chi connectivity index (χ2v) is 7.77. The fourth-order valence-corrected chi connectivity index (χ4v) is 4.99. The van der Waals surface area contributed by atoms with Gasteiger partial charge in [-0.2, -0.15) is 0 Å². The molecule has 1 saturated heterocycles. The number of aliphatic hydroxyl groups excluding tert-OH is 1. The van der Waals surface area contributed by atoms with E-state index in [1.165, 1.54) is 14.2 Å². The van der Waals surface area contributed by atoms with Gasteiger partial charge in [-0.15, -0.1) is 0 Å². The summed E-state index contributed by atoms with van der Waals surface area (Å²) in [4.78, 5) is 0. The lowest BCUT2D eigenvalue weighted by Crippen LogP contribution is -2.34. The molecule has 0 radical (unpaired) electrons. The first-order valence-corrected chi connectivity index (χ1v) is 8.81. The Balaban J connectivity index is 2.43. The molecule has 118 valence electrons. The van der Waals surface area contributed by atoms with E-state index < -0.39 is 21.2 Å². The van der Waals surface area contributed by atoms with Crippen LogP contribution in [0.4, 0.5) is 0 Å². The highest BCUT2D eigenvalue weighted by Gasteiger charge is 2.37. The Morgan fingerprint density at radius 2 is 2.00 bits per heavy atom. The van der Waals surface area contributed by atoms with E-state index in [0.29, 0.717) is 24.2 Å². The Morgan fingerprint density at radius 1 is 1.29 bits per heavy atom. The second kappa shape index (κ2) is 6.42. The Labute approximate surface area is 129 Å². The van der Waals surface area contributed by atoms with Gasteiger partial charge in [-0.3, -0.25) is 0 Å². The molecule has 0 saturated carbocycles. The van der Waals surface area contributed by atoms with E-state index >= 15 is 0 Å². The van der Waals surface area contributed by atoms with Crippen LogP contribution in [-0.2, 0) is 9.84 Å². The average Bonchev–Trinajstić information content (AvgIpc) is 2.45. The molecule has 7 heteroatoms. The Kier molecular flexibility index (Phi) is 5.01. The van der Waals surface area contributed by atoms with Crippen LogP contribution in [0, 0.1) is 0 Å². The fourth-order valence-electron chi connectivity index (χ4n) is 2.69. The van der Waals surface area contributed by atoms with Crippen molar-refractivity contribution in [3.05, 3.63) is 22.7 Å². The molecule has 1 aromatic rings. The molecule has 1 heterocycles. The van der Waals surface area contributed by atoms with Crippen LogP contribution in [0.5, 0.6) is 11.5 Å². The molecule has 1 N–H and O–H groups in total. The Bertz CT molecular complexity index is 614. The third kappa shape index (κ3) is 3.12. The van der Waals surface area contributed by atoms with Crippen molar-refractivity contribution in [1.29, 1.82) is 0 Å². The second-order valence-electron chi connectivity index (χ2n) is 5.05. The number of sulfone groups is 1. The van der Waals surface area contributed by atoms with Crippen molar-refractivity contribution in [1.82, 2.24) is 0 Å². The number of aliphatic hydroxyl groups is 1. The third-order valence-electron chi connectivity index (χ3n) is 3.82. The van der Waals surface area contributed by atoms with Gasteiger partial charge in [0.15, 0.2) is 9.84 Å². The molecule has 1 aliphatic rings. The van der Waals surface area contributed by atoms with Gasteiger partial charge in [0.25, 0.3) is 0 Å². The molecule has 2 rings (SSSR count). The van der Waals surface area contributed by atoms with Crippen LogP contribution in [0.25, 0.3) is 0 Å². The minimum Gasteiger partial charge on any atom is -0.495 e. The summed E-state index contributed by atoms with van der Waals surface area (Å²) in [6, 6.07) is 3.19. The molecular weight excluding hydrogens is 316 g/mol. The standard InChI is InChI=1S/C14H19ClO5S/c1-19-10-7-6-9(14(20-2)12(10)15)13(16)11-5-3-4-8-21(11,17)18/h6-7,11,13,16H,3-5,8H2,1-2H3. The van der Waals surface area contributed by atoms with Crippen molar-refractivity contribution in [2.24, 2.45) is 0 Å². The van der Waals surface area contributed by atoms with Crippen molar-refractivity contribution in [2.75, 3.05) is 20.0 Å². The predicted octanol–water partition coefficient (Wildman–Crippen LogP) is 2.36. The third-order valence-corrected chi connectivity index (χ3v) is 6.45. The lowest BCUT2D eigenvalue weighted by molar-refractivity contribution is 0.160. The largest absolute Gasteiger partial charge is 0.495 e. The van der Waals surface area contributed by atoms with E-state index in [1.54, 1.807) is 12.1 Å². The van der Waals surface area contributed by atoms with Crippen LogP contribution in [-0.4, -0.2) is 38.7 Å². The zero-order chi connectivity index (χ0) is 15.6. The highest BCUT2D eigenvalue weighted by Crippen LogP contribution is 2.42. The van der Waals surface area contributed by atoms with Gasteiger partial charge in [-0.1, -0.05) is 18.0 Å². The van der Waals surface area contributed by atoms with Gasteiger partial charge in [0, 0.05) is 5.56 Å². The number of ether oxygens (including phenoxy) is 2. The minimum absolute atomic E-state index is 0.112. The zero-order valence-electron chi connectivity index (χ0n) is 12.0. The van der Waals surface area contributed by atoms with Crippen molar-refractivity contribution in [3.8, 4) is 11.5 Å². The van der Waals surface area contributed by atoms with Gasteiger partial charge in [-0.05, 0) is 25.0 Å². The van der Waals surface area contributed by atoms with E-state index in [2.05, 4.69) is 0 Å². The average molecular weight is 335 g/mol. The van der Waals surface area contributed by atoms with Crippen LogP contribution in [0.3, 0.4) is 0 Å². The van der Waals surface area contributed by atoms with Crippen LogP contribution in [0.15, 0.2) is 12.1 Å². The quantitative estimate of drug-likeness (QED) is 0.915. The number of rotatable bonds is 4. The SMILES string of the molecule is COc1ccc(C(O)C2CCCCS2(=O)=O)c(OC)c1Cl. The highest BCUT2D eigenvalue weighted by molar-refractivity contribution is 7.92. The maximum Gasteiger partial charge on any atom is 0.156 e. The van der Waals surface area contributed by atoms with Crippen molar-refractivity contribution in [3.63, 3.8) is 0 Å². The topological polar surface area (TPSA) is 72.8 Å². The molecule has 0 amide bonds. The van der Waals surface area contributed by atoms with E-state index in [1.807, 2.05) is 0 Å². The van der Waals surface area contributed by atoms with E-state index in [0.717, 1.165) is 6.42 Å². The molecule has 1 aliphatic heterocycles. The highest BCUT2D eigenvalue weighted by atomic mass is 35.5. The van der Waals surface area contributed by atoms with Crippen LogP contribution < -0.4 is 9.47 Å². The molecule has 0 aliphatic carbocycles. The smallest absolute Gasteiger partial charge is 0.156 e. The molecule has 0 bridgehead atoms. The first-order valence-electron chi connectivity index (χ1n) is 6.72. The van der Waals surface area contributed by atoms with Gasteiger partial charge in [-0.25, -0.2) is 8.42 Å². The van der Waals surface area contributed by atoms with Crippen molar-refractivity contribution >= 4 is 21.4 Å². The summed E-state index contributed by atoms with van der Waals surface area (Å²) in [5, 5.41) is 9.93. The maximum absolute atomic E-state index is 12.1. The predicted molar refractivity (Wildman–Crippen MR) is 80.9 cm³/mol. The number of hydrogen-bond acceptors (Lipinski definition) is 5. The van der Waals surface area contributed by atoms with Crippen LogP contribution in [0.1, 0.15) is 30.9 Å². The van der Waals surface area contributed by atoms with E-state index in [9.17, 15) is 13.5 Å². The normalized spacial score (nSPS) is 22.6. The van der Waals surface area contributed by atoms with E-state index in [-0.39, 0.29) is 16.5 Å². The molecule has 0 aromatic heterocycles. The monoisotopic (exact) mass is 334 g/mol. The molecule has 1 aromatic carbocycles. The van der Waals surface area contributed by atoms with Crippen LogP contribution >= 0.6 is 11.6 Å². The lowest BCUT2D eigenvalue weighted by Gasteiger charge is -2.28. The fraction of sp³-hybridized carbons (Fsp3) is 0.571. The molecule has 21 heavy (non-hydrogen) atoms. The number of benzene rings is 1.